The first-order valence-corrected chi connectivity index (χ1v) is 14.6. The molecule has 1 fully saturated rings. The number of aromatic nitrogens is 1. The van der Waals surface area contributed by atoms with Gasteiger partial charge in [-0.3, -0.25) is 4.31 Å². The van der Waals surface area contributed by atoms with E-state index in [1.807, 2.05) is 0 Å². The van der Waals surface area contributed by atoms with Crippen LogP contribution in [-0.4, -0.2) is 38.4 Å². The molecule has 4 aromatic rings. The van der Waals surface area contributed by atoms with Gasteiger partial charge >= 0.3 is 12.1 Å². The largest absolute Gasteiger partial charge is 0.488 e. The third kappa shape index (κ3) is 6.07. The predicted molar refractivity (Wildman–Crippen MR) is 149 cm³/mol. The predicted octanol–water partition coefficient (Wildman–Crippen LogP) is 6.66. The maximum absolute atomic E-state index is 14.3. The number of halogens is 5. The van der Waals surface area contributed by atoms with Crippen LogP contribution in [0.25, 0.3) is 16.9 Å². The SMILES string of the molecule is COC(=O)c1cc(N2CCCS2(=O)=O)cc(-n2c(C)ccc2-c2cc(C(F)(F)F)ccc2OCc2ccc(F)cc2F)c1. The van der Waals surface area contributed by atoms with E-state index < -0.39 is 46.0 Å². The first-order chi connectivity index (χ1) is 20.3. The molecule has 0 saturated carbocycles. The molecule has 1 aliphatic rings. The minimum atomic E-state index is -4.70. The number of alkyl halides is 3. The Morgan fingerprint density at radius 2 is 1.70 bits per heavy atom. The Balaban J connectivity index is 1.67. The summed E-state index contributed by atoms with van der Waals surface area (Å²) in [5.74, 6) is -2.51. The number of esters is 1. The highest BCUT2D eigenvalue weighted by atomic mass is 32.2. The lowest BCUT2D eigenvalue weighted by Crippen LogP contribution is -2.25. The van der Waals surface area contributed by atoms with Gasteiger partial charge in [0.1, 0.15) is 24.0 Å². The molecule has 1 aliphatic heterocycles. The lowest BCUT2D eigenvalue weighted by Gasteiger charge is -2.21. The maximum atomic E-state index is 14.3. The van der Waals surface area contributed by atoms with E-state index in [1.54, 1.807) is 23.6 Å². The van der Waals surface area contributed by atoms with Crippen molar-refractivity contribution in [3.63, 3.8) is 0 Å². The number of carbonyl (C=O) groups excluding carboxylic acids is 1. The molecule has 0 radical (unpaired) electrons. The Bertz CT molecular complexity index is 1820. The van der Waals surface area contributed by atoms with Gasteiger partial charge in [-0.15, -0.1) is 0 Å². The second kappa shape index (κ2) is 11.4. The summed E-state index contributed by atoms with van der Waals surface area (Å²) >= 11 is 0. The Hall–Kier alpha value is -4.39. The van der Waals surface area contributed by atoms with Gasteiger partial charge < -0.3 is 14.0 Å². The average Bonchev–Trinajstić information content (AvgIpc) is 3.52. The van der Waals surface area contributed by atoms with Crippen LogP contribution in [0.15, 0.2) is 66.7 Å². The molecular formula is C30H25F5N2O5S. The first-order valence-electron chi connectivity index (χ1n) is 13.0. The molecule has 0 spiro atoms. The van der Waals surface area contributed by atoms with Gasteiger partial charge in [-0.25, -0.2) is 22.0 Å². The van der Waals surface area contributed by atoms with Crippen LogP contribution in [-0.2, 0) is 27.5 Å². The molecule has 1 saturated heterocycles. The number of hydrogen-bond acceptors (Lipinski definition) is 5. The molecule has 1 aromatic heterocycles. The molecule has 0 bridgehead atoms. The molecular weight excluding hydrogens is 595 g/mol. The summed E-state index contributed by atoms with van der Waals surface area (Å²) < 4.78 is 108. The molecule has 0 N–H and O–H groups in total. The topological polar surface area (TPSA) is 77.8 Å². The van der Waals surface area contributed by atoms with Crippen LogP contribution in [0.5, 0.6) is 5.75 Å². The number of hydrogen-bond donors (Lipinski definition) is 0. The van der Waals surface area contributed by atoms with E-state index in [9.17, 15) is 35.2 Å². The molecule has 0 amide bonds. The number of carbonyl (C=O) groups is 1. The average molecular weight is 621 g/mol. The van der Waals surface area contributed by atoms with Crippen LogP contribution < -0.4 is 9.04 Å². The minimum Gasteiger partial charge on any atom is -0.488 e. The molecule has 2 heterocycles. The summed E-state index contributed by atoms with van der Waals surface area (Å²) in [5.41, 5.74) is 0.275. The fourth-order valence-electron chi connectivity index (χ4n) is 4.95. The van der Waals surface area contributed by atoms with Crippen molar-refractivity contribution < 1.29 is 44.6 Å². The van der Waals surface area contributed by atoms with Crippen LogP contribution in [0.2, 0.25) is 0 Å². The number of anilines is 1. The number of sulfonamides is 1. The molecule has 5 rings (SSSR count). The summed E-state index contributed by atoms with van der Waals surface area (Å²) in [5, 5.41) is 0. The van der Waals surface area contributed by atoms with Gasteiger partial charge in [0.05, 0.1) is 35.4 Å². The fourth-order valence-corrected chi connectivity index (χ4v) is 6.50. The highest BCUT2D eigenvalue weighted by molar-refractivity contribution is 7.93. The second-order valence-electron chi connectivity index (χ2n) is 9.90. The lowest BCUT2D eigenvalue weighted by atomic mass is 10.1. The van der Waals surface area contributed by atoms with Crippen LogP contribution in [0.3, 0.4) is 0 Å². The molecule has 0 aliphatic carbocycles. The van der Waals surface area contributed by atoms with Gasteiger partial charge in [0.15, 0.2) is 0 Å². The van der Waals surface area contributed by atoms with E-state index in [-0.39, 0.29) is 51.8 Å². The van der Waals surface area contributed by atoms with Crippen molar-refractivity contribution in [2.24, 2.45) is 0 Å². The monoisotopic (exact) mass is 620 g/mol. The van der Waals surface area contributed by atoms with Crippen molar-refractivity contribution >= 4 is 21.7 Å². The van der Waals surface area contributed by atoms with Gasteiger partial charge in [-0.1, -0.05) is 0 Å². The third-order valence-corrected chi connectivity index (χ3v) is 8.90. The highest BCUT2D eigenvalue weighted by Gasteiger charge is 2.33. The number of ether oxygens (including phenoxy) is 2. The summed E-state index contributed by atoms with van der Waals surface area (Å²) in [4.78, 5) is 12.6. The molecule has 3 aromatic carbocycles. The van der Waals surface area contributed by atoms with Crippen molar-refractivity contribution in [2.45, 2.75) is 26.1 Å². The van der Waals surface area contributed by atoms with E-state index in [0.29, 0.717) is 18.2 Å². The molecule has 0 unspecified atom stereocenters. The van der Waals surface area contributed by atoms with E-state index in [1.165, 1.54) is 35.7 Å². The molecule has 13 heteroatoms. The van der Waals surface area contributed by atoms with Gasteiger partial charge in [-0.05, 0) is 74.0 Å². The zero-order valence-electron chi connectivity index (χ0n) is 22.9. The van der Waals surface area contributed by atoms with Crippen LogP contribution in [0.1, 0.15) is 33.6 Å². The number of nitrogens with zero attached hydrogens (tertiary/aromatic N) is 2. The molecule has 226 valence electrons. The van der Waals surface area contributed by atoms with Crippen LogP contribution in [0, 0.1) is 18.6 Å². The van der Waals surface area contributed by atoms with Crippen LogP contribution >= 0.6 is 0 Å². The maximum Gasteiger partial charge on any atom is 0.416 e. The Kier molecular flexibility index (Phi) is 7.95. The van der Waals surface area contributed by atoms with E-state index in [2.05, 4.69) is 0 Å². The number of aryl methyl sites for hydroxylation is 1. The summed E-state index contributed by atoms with van der Waals surface area (Å²) in [7, 11) is -2.47. The summed E-state index contributed by atoms with van der Waals surface area (Å²) in [6.45, 7) is 1.47. The number of rotatable bonds is 7. The van der Waals surface area contributed by atoms with Gasteiger partial charge in [0, 0.05) is 35.1 Å². The molecule has 43 heavy (non-hydrogen) atoms. The van der Waals surface area contributed by atoms with Gasteiger partial charge in [0.25, 0.3) is 0 Å². The van der Waals surface area contributed by atoms with Gasteiger partial charge in [0.2, 0.25) is 10.0 Å². The molecule has 0 atom stereocenters. The first kappa shape index (κ1) is 30.1. The van der Waals surface area contributed by atoms with Crippen LogP contribution in [0.4, 0.5) is 27.6 Å². The van der Waals surface area contributed by atoms with Crippen molar-refractivity contribution in [1.82, 2.24) is 4.57 Å². The minimum absolute atomic E-state index is 0.00994. The smallest absolute Gasteiger partial charge is 0.416 e. The normalized spacial score (nSPS) is 14.6. The Labute approximate surface area is 244 Å². The fraction of sp³-hybridized carbons (Fsp3) is 0.233. The van der Waals surface area contributed by atoms with Crippen molar-refractivity contribution in [1.29, 1.82) is 0 Å². The van der Waals surface area contributed by atoms with Crippen molar-refractivity contribution in [2.75, 3.05) is 23.7 Å². The van der Waals surface area contributed by atoms with Crippen molar-refractivity contribution in [3.05, 3.63) is 101 Å². The zero-order valence-corrected chi connectivity index (χ0v) is 23.7. The number of methoxy groups -OCH3 is 1. The quantitative estimate of drug-likeness (QED) is 0.171. The standard InChI is InChI=1S/C30H25F5N2O5S/c1-18-4-8-27(37(18)24-13-20(29(38)41-2)12-23(16-24)36-10-3-11-43(36,39)40)25-14-21(30(33,34)35)6-9-28(25)42-17-19-5-7-22(31)15-26(19)32/h4-9,12-16H,3,10-11,17H2,1-2H3. The Morgan fingerprint density at radius 1 is 0.953 bits per heavy atom. The third-order valence-electron chi connectivity index (χ3n) is 7.03. The highest BCUT2D eigenvalue weighted by Crippen LogP contribution is 2.40. The van der Waals surface area contributed by atoms with E-state index in [4.69, 9.17) is 9.47 Å². The summed E-state index contributed by atoms with van der Waals surface area (Å²) in [6.07, 6.45) is -4.32. The zero-order chi connectivity index (χ0) is 31.1. The van der Waals surface area contributed by atoms with E-state index >= 15 is 0 Å². The van der Waals surface area contributed by atoms with E-state index in [0.717, 1.165) is 24.3 Å². The number of benzene rings is 3. The molecule has 7 nitrogen and oxygen atoms in total. The van der Waals surface area contributed by atoms with Gasteiger partial charge in [-0.2, -0.15) is 13.2 Å². The Morgan fingerprint density at radius 3 is 2.35 bits per heavy atom. The lowest BCUT2D eigenvalue weighted by molar-refractivity contribution is -0.137. The van der Waals surface area contributed by atoms with Crippen molar-refractivity contribution in [3.8, 4) is 22.7 Å². The summed E-state index contributed by atoms with van der Waals surface area (Å²) in [6, 6.07) is 13.2. The second-order valence-corrected chi connectivity index (χ2v) is 11.9.